The van der Waals surface area contributed by atoms with Crippen LogP contribution in [0.4, 0.5) is 0 Å². The Balaban J connectivity index is 1.34. The van der Waals surface area contributed by atoms with E-state index in [1.807, 2.05) is 11.1 Å². The minimum absolute atomic E-state index is 0.119. The molecule has 3 fully saturated rings. The third-order valence-corrected chi connectivity index (χ3v) is 8.60. The van der Waals surface area contributed by atoms with Crippen LogP contribution in [-0.4, -0.2) is 106 Å². The van der Waals surface area contributed by atoms with Gasteiger partial charge in [0.25, 0.3) is 0 Å². The van der Waals surface area contributed by atoms with E-state index >= 15 is 0 Å². The second-order valence-corrected chi connectivity index (χ2v) is 11.3. The topological polar surface area (TPSA) is 65.0 Å². The van der Waals surface area contributed by atoms with Crippen LogP contribution in [0.15, 0.2) is 18.6 Å². The van der Waals surface area contributed by atoms with E-state index in [0.29, 0.717) is 13.2 Å². The number of alkyl halides is 1. The molecular formula is C23H33ClN6O2S. The van der Waals surface area contributed by atoms with Crippen molar-refractivity contribution in [3.63, 3.8) is 0 Å². The molecule has 2 unspecified atom stereocenters. The normalized spacial score (nSPS) is 25.1. The lowest BCUT2D eigenvalue weighted by Crippen LogP contribution is -2.62. The van der Waals surface area contributed by atoms with Gasteiger partial charge in [-0.25, -0.2) is 9.97 Å². The fourth-order valence-corrected chi connectivity index (χ4v) is 6.76. The number of hydrogen-bond donors (Lipinski definition) is 0. The monoisotopic (exact) mass is 492 g/mol. The van der Waals surface area contributed by atoms with Crippen molar-refractivity contribution in [2.24, 2.45) is 0 Å². The number of likely N-dealkylation sites (tertiary alicyclic amines) is 1. The summed E-state index contributed by atoms with van der Waals surface area (Å²) in [6.45, 7) is 11.6. The molecule has 0 bridgehead atoms. The van der Waals surface area contributed by atoms with Crippen LogP contribution in [0.25, 0.3) is 10.2 Å². The molecule has 180 valence electrons. The van der Waals surface area contributed by atoms with Crippen LogP contribution in [0.5, 0.6) is 0 Å². The fraction of sp³-hybridized carbons (Fsp3) is 0.696. The lowest BCUT2D eigenvalue weighted by Gasteiger charge is -2.48. The average Bonchev–Trinajstić information content (AvgIpc) is 3.49. The first-order chi connectivity index (χ1) is 15.9. The highest BCUT2D eigenvalue weighted by Gasteiger charge is 2.41. The zero-order valence-electron chi connectivity index (χ0n) is 19.5. The van der Waals surface area contributed by atoms with Crippen LogP contribution in [0, 0.1) is 0 Å². The molecule has 2 aromatic heterocycles. The number of halogens is 1. The zero-order chi connectivity index (χ0) is 23.0. The van der Waals surface area contributed by atoms with Crippen molar-refractivity contribution in [2.45, 2.75) is 44.0 Å². The van der Waals surface area contributed by atoms with Crippen molar-refractivity contribution >= 4 is 39.1 Å². The second kappa shape index (κ2) is 9.71. The Kier molecular flexibility index (Phi) is 6.88. The van der Waals surface area contributed by atoms with Crippen molar-refractivity contribution in [3.8, 4) is 0 Å². The first-order valence-corrected chi connectivity index (χ1v) is 13.2. The molecule has 2 aromatic rings. The minimum atomic E-state index is -0.473. The van der Waals surface area contributed by atoms with Gasteiger partial charge in [-0.1, -0.05) is 11.6 Å². The molecule has 3 saturated heterocycles. The van der Waals surface area contributed by atoms with Gasteiger partial charge in [0.1, 0.15) is 11.9 Å². The van der Waals surface area contributed by atoms with E-state index in [1.54, 1.807) is 17.7 Å². The molecule has 0 saturated carbocycles. The number of amides is 1. The smallest absolute Gasteiger partial charge is 0.242 e. The van der Waals surface area contributed by atoms with E-state index in [4.69, 9.17) is 16.3 Å². The summed E-state index contributed by atoms with van der Waals surface area (Å²) in [5.41, 5.74) is 0.217. The molecule has 0 spiro atoms. The molecular weight excluding hydrogens is 460 g/mol. The van der Waals surface area contributed by atoms with Crippen LogP contribution < -0.4 is 0 Å². The van der Waals surface area contributed by atoms with Gasteiger partial charge in [0, 0.05) is 63.4 Å². The van der Waals surface area contributed by atoms with Crippen LogP contribution in [0.1, 0.15) is 37.7 Å². The molecule has 0 aromatic carbocycles. The first-order valence-electron chi connectivity index (χ1n) is 11.9. The van der Waals surface area contributed by atoms with Crippen LogP contribution in [0.3, 0.4) is 0 Å². The molecule has 3 aliphatic heterocycles. The van der Waals surface area contributed by atoms with E-state index in [-0.39, 0.29) is 17.6 Å². The van der Waals surface area contributed by atoms with Gasteiger partial charge in [-0.3, -0.25) is 19.5 Å². The third kappa shape index (κ3) is 4.76. The molecule has 0 aliphatic carbocycles. The molecule has 33 heavy (non-hydrogen) atoms. The fourth-order valence-electron chi connectivity index (χ4n) is 5.34. The molecule has 2 atom stereocenters. The summed E-state index contributed by atoms with van der Waals surface area (Å²) in [5, 5.41) is 0. The molecule has 10 heteroatoms. The van der Waals surface area contributed by atoms with Gasteiger partial charge in [0.2, 0.25) is 5.91 Å². The second-order valence-electron chi connectivity index (χ2n) is 9.65. The lowest BCUT2D eigenvalue weighted by molar-refractivity contribution is -0.144. The molecule has 8 nitrogen and oxygen atoms in total. The summed E-state index contributed by atoms with van der Waals surface area (Å²) in [4.78, 5) is 32.5. The number of ether oxygens (including phenoxy) is 1. The number of morpholine rings is 1. The molecule has 3 aliphatic rings. The largest absolute Gasteiger partial charge is 0.360 e. The number of carbonyl (C=O) groups excluding carboxylic acids is 1. The lowest BCUT2D eigenvalue weighted by atomic mass is 9.99. The summed E-state index contributed by atoms with van der Waals surface area (Å²) >= 11 is 8.14. The molecule has 5 rings (SSSR count). The van der Waals surface area contributed by atoms with Crippen molar-refractivity contribution < 1.29 is 9.53 Å². The maximum atomic E-state index is 13.2. The number of nitrogens with zero attached hydrogens (tertiary/aromatic N) is 6. The molecule has 0 radical (unpaired) electrons. The first kappa shape index (κ1) is 23.4. The Morgan fingerprint density at radius 1 is 1.15 bits per heavy atom. The highest BCUT2D eigenvalue weighted by molar-refractivity contribution is 7.19. The van der Waals surface area contributed by atoms with Gasteiger partial charge >= 0.3 is 0 Å². The Morgan fingerprint density at radius 3 is 2.61 bits per heavy atom. The van der Waals surface area contributed by atoms with Gasteiger partial charge in [0.15, 0.2) is 0 Å². The van der Waals surface area contributed by atoms with Gasteiger partial charge in [-0.05, 0) is 32.8 Å². The summed E-state index contributed by atoms with van der Waals surface area (Å²) in [7, 11) is 0. The standard InChI is InChI=1S/C23H33ClN6O2S/c1-23(2,22(31)28-5-3-4-6-28)30-9-7-27(8-10-30)21(29-11-12-32-20(24)15-29)18-13-17-19(33-18)14-25-16-26-17/h13-14,16,20-21H,3-12,15H2,1-2H3. The van der Waals surface area contributed by atoms with Crippen molar-refractivity contribution in [1.29, 1.82) is 0 Å². The Morgan fingerprint density at radius 2 is 1.91 bits per heavy atom. The summed E-state index contributed by atoms with van der Waals surface area (Å²) in [5.74, 6) is 0.270. The Hall–Kier alpha value is -1.36. The van der Waals surface area contributed by atoms with Gasteiger partial charge in [-0.2, -0.15) is 0 Å². The number of hydrogen-bond acceptors (Lipinski definition) is 8. The van der Waals surface area contributed by atoms with Crippen molar-refractivity contribution in [3.05, 3.63) is 23.5 Å². The highest BCUT2D eigenvalue weighted by Crippen LogP contribution is 2.36. The van der Waals surface area contributed by atoms with E-state index in [0.717, 1.165) is 68.9 Å². The van der Waals surface area contributed by atoms with Gasteiger partial charge in [0.05, 0.1) is 28.5 Å². The summed E-state index contributed by atoms with van der Waals surface area (Å²) < 4.78 is 6.71. The predicted octanol–water partition coefficient (Wildman–Crippen LogP) is 2.61. The van der Waals surface area contributed by atoms with Crippen LogP contribution in [-0.2, 0) is 9.53 Å². The van der Waals surface area contributed by atoms with Crippen LogP contribution >= 0.6 is 22.9 Å². The predicted molar refractivity (Wildman–Crippen MR) is 130 cm³/mol. The number of fused-ring (bicyclic) bond motifs is 1. The number of thiophene rings is 1. The summed E-state index contributed by atoms with van der Waals surface area (Å²) in [6.07, 6.45) is 5.86. The number of aromatic nitrogens is 2. The van der Waals surface area contributed by atoms with Gasteiger partial charge in [-0.15, -0.1) is 11.3 Å². The Labute approximate surface area is 204 Å². The van der Waals surface area contributed by atoms with Crippen molar-refractivity contribution in [1.82, 2.24) is 29.6 Å². The molecule has 5 heterocycles. The highest BCUT2D eigenvalue weighted by atomic mass is 35.5. The SMILES string of the molecule is CC(C)(C(=O)N1CCCC1)N1CCN(C(c2cc3ncncc3s2)N2CCOC(Cl)C2)CC1. The van der Waals surface area contributed by atoms with E-state index in [9.17, 15) is 4.79 Å². The van der Waals surface area contributed by atoms with E-state index in [1.165, 1.54) is 4.88 Å². The maximum absolute atomic E-state index is 13.2. The zero-order valence-corrected chi connectivity index (χ0v) is 21.0. The van der Waals surface area contributed by atoms with Crippen molar-refractivity contribution in [2.75, 3.05) is 59.0 Å². The average molecular weight is 493 g/mol. The quantitative estimate of drug-likeness (QED) is 0.594. The molecule has 1 amide bonds. The number of rotatable bonds is 5. The van der Waals surface area contributed by atoms with E-state index < -0.39 is 5.54 Å². The third-order valence-electron chi connectivity index (χ3n) is 7.24. The van der Waals surface area contributed by atoms with Crippen LogP contribution in [0.2, 0.25) is 0 Å². The number of carbonyl (C=O) groups is 1. The Bertz CT molecular complexity index is 940. The minimum Gasteiger partial charge on any atom is -0.360 e. The molecule has 0 N–H and O–H groups in total. The van der Waals surface area contributed by atoms with E-state index in [2.05, 4.69) is 44.6 Å². The maximum Gasteiger partial charge on any atom is 0.242 e. The number of piperazine rings is 1. The summed E-state index contributed by atoms with van der Waals surface area (Å²) in [6, 6.07) is 2.19. The van der Waals surface area contributed by atoms with Gasteiger partial charge < -0.3 is 9.64 Å².